The Balaban J connectivity index is 1.57. The number of hydrogen-bond donors (Lipinski definition) is 3. The SMILES string of the molecule is CCC(CCO)CN(/C=C(\C)C1C=CC(C)=CN1)/C=C(\C)N(F)c1ccc(-c2cc(-c3ccc(OC)c(OC)c3)cnc2N)cc1. The first-order valence-corrected chi connectivity index (χ1v) is 15.6. The first-order valence-electron chi connectivity index (χ1n) is 15.6. The summed E-state index contributed by atoms with van der Waals surface area (Å²) in [6, 6.07) is 14.8. The van der Waals surface area contributed by atoms with Crippen molar-refractivity contribution in [2.45, 2.75) is 46.6 Å². The maximum absolute atomic E-state index is 15.8. The molecule has 9 heteroatoms. The Morgan fingerprint density at radius 3 is 2.39 bits per heavy atom. The van der Waals surface area contributed by atoms with Crippen LogP contribution in [0, 0.1) is 5.92 Å². The number of methoxy groups -OCH3 is 2. The van der Waals surface area contributed by atoms with E-state index in [4.69, 9.17) is 15.2 Å². The van der Waals surface area contributed by atoms with Gasteiger partial charge in [0.1, 0.15) is 5.82 Å². The lowest BCUT2D eigenvalue weighted by Gasteiger charge is -2.27. The molecule has 0 bridgehead atoms. The van der Waals surface area contributed by atoms with Crippen molar-refractivity contribution in [3.8, 4) is 33.8 Å². The number of nitrogens with one attached hydrogen (secondary N) is 1. The molecule has 0 spiro atoms. The number of nitrogen functional groups attached to an aromatic ring is 1. The molecule has 244 valence electrons. The van der Waals surface area contributed by atoms with E-state index >= 15 is 4.48 Å². The molecule has 0 amide bonds. The smallest absolute Gasteiger partial charge is 0.161 e. The summed E-state index contributed by atoms with van der Waals surface area (Å²) in [5, 5.41) is 13.7. The lowest BCUT2D eigenvalue weighted by Crippen LogP contribution is -2.28. The van der Waals surface area contributed by atoms with Crippen LogP contribution in [0.15, 0.2) is 102 Å². The van der Waals surface area contributed by atoms with Crippen LogP contribution in [0.5, 0.6) is 11.5 Å². The van der Waals surface area contributed by atoms with Crippen molar-refractivity contribution < 1.29 is 19.1 Å². The Kier molecular flexibility index (Phi) is 11.9. The quantitative estimate of drug-likeness (QED) is 0.157. The molecule has 8 nitrogen and oxygen atoms in total. The minimum Gasteiger partial charge on any atom is -0.493 e. The molecule has 0 radical (unpaired) electrons. The van der Waals surface area contributed by atoms with Crippen molar-refractivity contribution in [3.63, 3.8) is 0 Å². The molecule has 1 aromatic heterocycles. The average Bonchev–Trinajstić information content (AvgIpc) is 3.07. The summed E-state index contributed by atoms with van der Waals surface area (Å²) in [6.07, 6.45) is 13.4. The van der Waals surface area contributed by atoms with E-state index in [1.807, 2.05) is 60.6 Å². The van der Waals surface area contributed by atoms with E-state index < -0.39 is 0 Å². The molecule has 0 saturated heterocycles. The van der Waals surface area contributed by atoms with Gasteiger partial charge in [0.15, 0.2) is 11.5 Å². The molecule has 2 aromatic carbocycles. The van der Waals surface area contributed by atoms with Crippen molar-refractivity contribution in [2.24, 2.45) is 5.92 Å². The highest BCUT2D eigenvalue weighted by Gasteiger charge is 2.16. The number of hydrogen-bond acceptors (Lipinski definition) is 8. The largest absolute Gasteiger partial charge is 0.493 e. The number of rotatable bonds is 14. The van der Waals surface area contributed by atoms with Gasteiger partial charge in [-0.1, -0.05) is 48.2 Å². The van der Waals surface area contributed by atoms with Crippen molar-refractivity contribution in [1.82, 2.24) is 15.2 Å². The van der Waals surface area contributed by atoms with Crippen LogP contribution >= 0.6 is 0 Å². The van der Waals surface area contributed by atoms with Gasteiger partial charge in [0.05, 0.1) is 31.6 Å². The Bertz CT molecular complexity index is 1600. The fraction of sp³-hybridized carbons (Fsp3) is 0.324. The summed E-state index contributed by atoms with van der Waals surface area (Å²) in [6.45, 7) is 8.74. The van der Waals surface area contributed by atoms with Gasteiger partial charge in [0.25, 0.3) is 0 Å². The average molecular weight is 628 g/mol. The monoisotopic (exact) mass is 627 g/mol. The molecular weight excluding hydrogens is 581 g/mol. The highest BCUT2D eigenvalue weighted by Crippen LogP contribution is 2.35. The van der Waals surface area contributed by atoms with Crippen LogP contribution in [0.25, 0.3) is 22.3 Å². The van der Waals surface area contributed by atoms with Gasteiger partial charge in [-0.2, -0.15) is 5.12 Å². The van der Waals surface area contributed by atoms with Gasteiger partial charge in [-0.3, -0.25) is 0 Å². The normalized spacial score (nSPS) is 15.6. The maximum Gasteiger partial charge on any atom is 0.161 e. The van der Waals surface area contributed by atoms with Crippen molar-refractivity contribution >= 4 is 11.5 Å². The molecule has 3 aromatic rings. The van der Waals surface area contributed by atoms with E-state index in [0.29, 0.717) is 46.8 Å². The van der Waals surface area contributed by atoms with E-state index in [1.165, 1.54) is 0 Å². The van der Waals surface area contributed by atoms with Gasteiger partial charge in [-0.15, -0.1) is 0 Å². The Labute approximate surface area is 272 Å². The van der Waals surface area contributed by atoms with Crippen LogP contribution < -0.4 is 25.6 Å². The number of aliphatic hydroxyl groups excluding tert-OH is 1. The van der Waals surface area contributed by atoms with Crippen molar-refractivity contribution in [3.05, 3.63) is 102 Å². The third-order valence-electron chi connectivity index (χ3n) is 8.19. The maximum atomic E-state index is 15.8. The molecule has 46 heavy (non-hydrogen) atoms. The van der Waals surface area contributed by atoms with Gasteiger partial charge in [0, 0.05) is 49.1 Å². The summed E-state index contributed by atoms with van der Waals surface area (Å²) < 4.78 is 26.6. The number of halogens is 1. The molecule has 1 aliphatic rings. The van der Waals surface area contributed by atoms with Gasteiger partial charge in [0.2, 0.25) is 0 Å². The fourth-order valence-electron chi connectivity index (χ4n) is 5.39. The number of aliphatic hydroxyl groups is 1. The third-order valence-corrected chi connectivity index (χ3v) is 8.19. The molecular formula is C37H46FN5O3. The van der Waals surface area contributed by atoms with Gasteiger partial charge in [-0.25, -0.2) is 4.98 Å². The molecule has 0 aliphatic carbocycles. The standard InChI is InChI=1S/C37H46FN5O3/c1-7-28(16-17-44)24-42(22-26(3)34-14-8-25(2)20-40-34)23-27(4)43(38)32-12-9-29(10-13-32)33-18-31(21-41-37(33)39)30-11-15-35(45-5)36(19-30)46-6/h8-15,18-23,28,34,40,44H,7,16-17,24H2,1-6H3,(H2,39,41)/b26-22+,27-23+. The number of benzene rings is 2. The van der Waals surface area contributed by atoms with Gasteiger partial charge in [-0.05, 0) is 85.7 Å². The number of anilines is 2. The molecule has 2 atom stereocenters. The molecule has 0 fully saturated rings. The summed E-state index contributed by atoms with van der Waals surface area (Å²) >= 11 is 0. The van der Waals surface area contributed by atoms with Crippen LogP contribution in [0.3, 0.4) is 0 Å². The number of pyridine rings is 1. The zero-order chi connectivity index (χ0) is 33.2. The lowest BCUT2D eigenvalue weighted by molar-refractivity contribution is 0.237. The van der Waals surface area contributed by atoms with Crippen LogP contribution in [0.1, 0.15) is 40.5 Å². The fourth-order valence-corrected chi connectivity index (χ4v) is 5.39. The third kappa shape index (κ3) is 8.48. The zero-order valence-electron chi connectivity index (χ0n) is 27.6. The predicted octanol–water partition coefficient (Wildman–Crippen LogP) is 7.61. The summed E-state index contributed by atoms with van der Waals surface area (Å²) in [5.41, 5.74) is 12.7. The second-order valence-corrected chi connectivity index (χ2v) is 11.6. The number of ether oxygens (including phenoxy) is 2. The first-order chi connectivity index (χ1) is 22.2. The van der Waals surface area contributed by atoms with Crippen LogP contribution in [-0.4, -0.2) is 48.4 Å². The summed E-state index contributed by atoms with van der Waals surface area (Å²) in [7, 11) is 3.20. The highest BCUT2D eigenvalue weighted by molar-refractivity contribution is 5.80. The second-order valence-electron chi connectivity index (χ2n) is 11.6. The van der Waals surface area contributed by atoms with Crippen molar-refractivity contribution in [2.75, 3.05) is 38.2 Å². The van der Waals surface area contributed by atoms with Gasteiger partial charge >= 0.3 is 0 Å². The number of nitrogens with two attached hydrogens (primary N) is 1. The highest BCUT2D eigenvalue weighted by atomic mass is 19.2. The van der Waals surface area contributed by atoms with Crippen LogP contribution in [0.2, 0.25) is 0 Å². The number of allylic oxidation sites excluding steroid dienone is 3. The molecule has 2 unspecified atom stereocenters. The van der Waals surface area contributed by atoms with E-state index in [0.717, 1.165) is 39.8 Å². The molecule has 1 aliphatic heterocycles. The van der Waals surface area contributed by atoms with Gasteiger partial charge < -0.3 is 30.5 Å². The minimum absolute atomic E-state index is 0.0547. The van der Waals surface area contributed by atoms with E-state index in [9.17, 15) is 5.11 Å². The van der Waals surface area contributed by atoms with E-state index in [-0.39, 0.29) is 18.6 Å². The van der Waals surface area contributed by atoms with E-state index in [2.05, 4.69) is 42.5 Å². The topological polar surface area (TPSA) is 96.1 Å². The van der Waals surface area contributed by atoms with Crippen LogP contribution in [0.4, 0.5) is 16.0 Å². The summed E-state index contributed by atoms with van der Waals surface area (Å²) in [5.74, 6) is 1.90. The first kappa shape index (κ1) is 34.1. The Morgan fingerprint density at radius 2 is 1.76 bits per heavy atom. The van der Waals surface area contributed by atoms with Crippen molar-refractivity contribution in [1.29, 1.82) is 0 Å². The molecule has 4 N–H and O–H groups in total. The van der Waals surface area contributed by atoms with E-state index in [1.54, 1.807) is 39.5 Å². The minimum atomic E-state index is 0.0547. The predicted molar refractivity (Wildman–Crippen MR) is 186 cm³/mol. The molecule has 0 saturated carbocycles. The van der Waals surface area contributed by atoms with Crippen LogP contribution in [-0.2, 0) is 0 Å². The lowest BCUT2D eigenvalue weighted by atomic mass is 10.0. The summed E-state index contributed by atoms with van der Waals surface area (Å²) in [4.78, 5) is 6.46. The number of dihydropyridines is 1. The Hall–Kier alpha value is -4.76. The number of aromatic nitrogens is 1. The number of nitrogens with zero attached hydrogens (tertiary/aromatic N) is 3. The molecule has 4 rings (SSSR count). The zero-order valence-corrected chi connectivity index (χ0v) is 27.6. The Morgan fingerprint density at radius 1 is 1.04 bits per heavy atom. The second kappa shape index (κ2) is 16.0. The molecule has 2 heterocycles.